The molecule has 2 aromatic rings. The number of carbonyl (C=O) groups is 1. The molecule has 1 unspecified atom stereocenters. The molecule has 0 heterocycles. The van der Waals surface area contributed by atoms with Crippen LogP contribution >= 0.6 is 0 Å². The summed E-state index contributed by atoms with van der Waals surface area (Å²) in [5.74, 6) is -1.36. The maximum Gasteiger partial charge on any atom is 0.315 e. The Labute approximate surface area is 144 Å². The van der Waals surface area contributed by atoms with Crippen LogP contribution in [0.4, 0.5) is 13.6 Å². The maximum absolute atomic E-state index is 14.0. The van der Waals surface area contributed by atoms with E-state index in [9.17, 15) is 18.7 Å². The standard InChI is InChI=1S/C19H20F2N2O2/c1-2-16(14-8-7-12(20)10-15(14)21)22-19(25)23-18-13-6-4-3-5-11(13)9-17(18)24/h3-8,10,16-18,24H,2,9H2,1H3,(H2,22,23,25)/t16?,17-,18+/m0/s1. The first-order valence-corrected chi connectivity index (χ1v) is 8.27. The molecular formula is C19H20F2N2O2. The van der Waals surface area contributed by atoms with Crippen LogP contribution in [0.3, 0.4) is 0 Å². The molecule has 3 rings (SSSR count). The van der Waals surface area contributed by atoms with Gasteiger partial charge in [0, 0.05) is 18.1 Å². The van der Waals surface area contributed by atoms with Crippen LogP contribution in [-0.2, 0) is 6.42 Å². The van der Waals surface area contributed by atoms with Crippen molar-refractivity contribution in [2.75, 3.05) is 0 Å². The van der Waals surface area contributed by atoms with Gasteiger partial charge in [-0.15, -0.1) is 0 Å². The van der Waals surface area contributed by atoms with Crippen LogP contribution in [0.5, 0.6) is 0 Å². The third-order valence-electron chi connectivity index (χ3n) is 4.54. The Morgan fingerprint density at radius 2 is 2.04 bits per heavy atom. The summed E-state index contributed by atoms with van der Waals surface area (Å²) in [6.07, 6.45) is 0.218. The Morgan fingerprint density at radius 3 is 2.76 bits per heavy atom. The van der Waals surface area contributed by atoms with E-state index in [1.54, 1.807) is 6.92 Å². The Morgan fingerprint density at radius 1 is 1.28 bits per heavy atom. The molecule has 2 amide bonds. The normalized spacial score (nSPS) is 20.0. The number of carbonyl (C=O) groups excluding carboxylic acids is 1. The molecule has 1 aliphatic carbocycles. The molecule has 25 heavy (non-hydrogen) atoms. The maximum atomic E-state index is 14.0. The summed E-state index contributed by atoms with van der Waals surface area (Å²) in [5.41, 5.74) is 2.11. The highest BCUT2D eigenvalue weighted by atomic mass is 19.1. The van der Waals surface area contributed by atoms with Gasteiger partial charge in [-0.05, 0) is 23.6 Å². The second-order valence-corrected chi connectivity index (χ2v) is 6.19. The first kappa shape index (κ1) is 17.4. The lowest BCUT2D eigenvalue weighted by atomic mass is 10.0. The van der Waals surface area contributed by atoms with Crippen molar-refractivity contribution in [3.8, 4) is 0 Å². The van der Waals surface area contributed by atoms with Gasteiger partial charge in [0.05, 0.1) is 18.2 Å². The minimum atomic E-state index is -0.703. The van der Waals surface area contributed by atoms with Crippen molar-refractivity contribution < 1.29 is 18.7 Å². The Bertz CT molecular complexity index is 782. The lowest BCUT2D eigenvalue weighted by Gasteiger charge is -2.22. The molecular weight excluding hydrogens is 326 g/mol. The fourth-order valence-electron chi connectivity index (χ4n) is 3.27. The van der Waals surface area contributed by atoms with Gasteiger partial charge < -0.3 is 15.7 Å². The molecule has 0 aliphatic heterocycles. The van der Waals surface area contributed by atoms with E-state index in [1.807, 2.05) is 24.3 Å². The minimum Gasteiger partial charge on any atom is -0.390 e. The van der Waals surface area contributed by atoms with Crippen LogP contribution in [0.2, 0.25) is 0 Å². The van der Waals surface area contributed by atoms with E-state index in [1.165, 1.54) is 6.07 Å². The number of fused-ring (bicyclic) bond motifs is 1. The first-order chi connectivity index (χ1) is 12.0. The van der Waals surface area contributed by atoms with Gasteiger partial charge in [-0.1, -0.05) is 37.3 Å². The third kappa shape index (κ3) is 3.64. The predicted octanol–water partition coefficient (Wildman–Crippen LogP) is 3.37. The fraction of sp³-hybridized carbons (Fsp3) is 0.316. The van der Waals surface area contributed by atoms with Crippen molar-refractivity contribution in [2.24, 2.45) is 0 Å². The second kappa shape index (κ2) is 7.19. The topological polar surface area (TPSA) is 61.4 Å². The number of halogens is 2. The van der Waals surface area contributed by atoms with Crippen LogP contribution < -0.4 is 10.6 Å². The van der Waals surface area contributed by atoms with E-state index >= 15 is 0 Å². The number of aliphatic hydroxyl groups is 1. The smallest absolute Gasteiger partial charge is 0.315 e. The summed E-state index contributed by atoms with van der Waals surface area (Å²) in [6.45, 7) is 1.80. The molecule has 0 fully saturated rings. The molecule has 0 saturated carbocycles. The number of benzene rings is 2. The van der Waals surface area contributed by atoms with Crippen LogP contribution in [0, 0.1) is 11.6 Å². The zero-order chi connectivity index (χ0) is 18.0. The first-order valence-electron chi connectivity index (χ1n) is 8.27. The lowest BCUT2D eigenvalue weighted by molar-refractivity contribution is 0.141. The summed E-state index contributed by atoms with van der Waals surface area (Å²) in [7, 11) is 0. The van der Waals surface area contributed by atoms with E-state index in [-0.39, 0.29) is 5.56 Å². The minimum absolute atomic E-state index is 0.228. The Hall–Kier alpha value is -2.47. The molecule has 132 valence electrons. The van der Waals surface area contributed by atoms with Crippen LogP contribution in [0.15, 0.2) is 42.5 Å². The highest BCUT2D eigenvalue weighted by Crippen LogP contribution is 2.31. The largest absolute Gasteiger partial charge is 0.390 e. The highest BCUT2D eigenvalue weighted by Gasteiger charge is 2.32. The zero-order valence-corrected chi connectivity index (χ0v) is 13.8. The average molecular weight is 346 g/mol. The number of aliphatic hydroxyl groups excluding tert-OH is 1. The number of hydrogen-bond donors (Lipinski definition) is 3. The van der Waals surface area contributed by atoms with E-state index in [2.05, 4.69) is 10.6 Å². The number of urea groups is 1. The SMILES string of the molecule is CCC(NC(=O)N[C@@H]1c2ccccc2C[C@@H]1O)c1ccc(F)cc1F. The highest BCUT2D eigenvalue weighted by molar-refractivity contribution is 5.75. The second-order valence-electron chi connectivity index (χ2n) is 6.19. The molecule has 0 aromatic heterocycles. The number of amides is 2. The zero-order valence-electron chi connectivity index (χ0n) is 13.8. The van der Waals surface area contributed by atoms with Crippen molar-refractivity contribution in [1.29, 1.82) is 0 Å². The van der Waals surface area contributed by atoms with Gasteiger partial charge in [0.15, 0.2) is 0 Å². The van der Waals surface area contributed by atoms with Gasteiger partial charge in [0.1, 0.15) is 11.6 Å². The van der Waals surface area contributed by atoms with Gasteiger partial charge in [-0.3, -0.25) is 0 Å². The number of rotatable bonds is 4. The van der Waals surface area contributed by atoms with Crippen LogP contribution in [-0.4, -0.2) is 17.2 Å². The molecule has 3 atom stereocenters. The summed E-state index contributed by atoms with van der Waals surface area (Å²) >= 11 is 0. The fourth-order valence-corrected chi connectivity index (χ4v) is 3.27. The number of hydrogen-bond acceptors (Lipinski definition) is 2. The quantitative estimate of drug-likeness (QED) is 0.795. The molecule has 3 N–H and O–H groups in total. The molecule has 0 bridgehead atoms. The monoisotopic (exact) mass is 346 g/mol. The van der Waals surface area contributed by atoms with Crippen molar-refractivity contribution in [3.05, 3.63) is 70.8 Å². The summed E-state index contributed by atoms with van der Waals surface area (Å²) in [4.78, 5) is 12.3. The molecule has 0 saturated heterocycles. The van der Waals surface area contributed by atoms with Gasteiger partial charge in [0.2, 0.25) is 0 Å². The van der Waals surface area contributed by atoms with Gasteiger partial charge >= 0.3 is 6.03 Å². The summed E-state index contributed by atoms with van der Waals surface area (Å²) in [5, 5.41) is 15.6. The number of nitrogens with one attached hydrogen (secondary N) is 2. The van der Waals surface area contributed by atoms with Crippen molar-refractivity contribution >= 4 is 6.03 Å². The van der Waals surface area contributed by atoms with Crippen molar-refractivity contribution in [3.63, 3.8) is 0 Å². The molecule has 1 aliphatic rings. The molecule has 4 nitrogen and oxygen atoms in total. The van der Waals surface area contributed by atoms with E-state index in [0.29, 0.717) is 12.8 Å². The van der Waals surface area contributed by atoms with Crippen molar-refractivity contribution in [1.82, 2.24) is 10.6 Å². The Kier molecular flexibility index (Phi) is 4.99. The average Bonchev–Trinajstić information content (AvgIpc) is 2.89. The van der Waals surface area contributed by atoms with Gasteiger partial charge in [0.25, 0.3) is 0 Å². The van der Waals surface area contributed by atoms with Crippen LogP contribution in [0.1, 0.15) is 42.1 Å². The summed E-state index contributed by atoms with van der Waals surface area (Å²) in [6, 6.07) is 9.22. The van der Waals surface area contributed by atoms with Crippen LogP contribution in [0.25, 0.3) is 0 Å². The van der Waals surface area contributed by atoms with E-state index in [4.69, 9.17) is 0 Å². The van der Waals surface area contributed by atoms with E-state index in [0.717, 1.165) is 23.3 Å². The molecule has 0 radical (unpaired) electrons. The lowest BCUT2D eigenvalue weighted by Crippen LogP contribution is -2.42. The summed E-state index contributed by atoms with van der Waals surface area (Å²) < 4.78 is 27.0. The van der Waals surface area contributed by atoms with Gasteiger partial charge in [-0.25, -0.2) is 13.6 Å². The van der Waals surface area contributed by atoms with E-state index < -0.39 is 35.9 Å². The predicted molar refractivity (Wildman–Crippen MR) is 90.0 cm³/mol. The molecule has 0 spiro atoms. The molecule has 2 aromatic carbocycles. The molecule has 6 heteroatoms. The van der Waals surface area contributed by atoms with Crippen molar-refractivity contribution in [2.45, 2.75) is 38.0 Å². The Balaban J connectivity index is 1.71. The third-order valence-corrected chi connectivity index (χ3v) is 4.54. The van der Waals surface area contributed by atoms with Gasteiger partial charge in [-0.2, -0.15) is 0 Å².